The second-order valence-corrected chi connectivity index (χ2v) is 4.68. The Morgan fingerprint density at radius 2 is 2.06 bits per heavy atom. The Kier molecular flexibility index (Phi) is 4.54. The lowest BCUT2D eigenvalue weighted by molar-refractivity contribution is -0.195. The second-order valence-electron chi connectivity index (χ2n) is 4.68. The van der Waals surface area contributed by atoms with Crippen molar-refractivity contribution in [1.29, 1.82) is 0 Å². The predicted octanol–water partition coefficient (Wildman–Crippen LogP) is 2.34. The van der Waals surface area contributed by atoms with Gasteiger partial charge in [-0.2, -0.15) is 0 Å². The van der Waals surface area contributed by atoms with Crippen LogP contribution in [0.2, 0.25) is 0 Å². The van der Waals surface area contributed by atoms with Crippen molar-refractivity contribution in [1.82, 2.24) is 0 Å². The Morgan fingerprint density at radius 3 is 2.82 bits per heavy atom. The molecule has 0 amide bonds. The van der Waals surface area contributed by atoms with Crippen molar-refractivity contribution in [2.24, 2.45) is 5.92 Å². The van der Waals surface area contributed by atoms with E-state index in [4.69, 9.17) is 9.47 Å². The van der Waals surface area contributed by atoms with E-state index < -0.39 is 6.29 Å². The minimum Gasteiger partial charge on any atom is -0.374 e. The molecule has 94 valence electrons. The highest BCUT2D eigenvalue weighted by molar-refractivity contribution is 5.13. The number of hydrogen-bond acceptors (Lipinski definition) is 3. The minimum atomic E-state index is -0.614. The average Bonchev–Trinajstić information content (AvgIpc) is 2.35. The summed E-state index contributed by atoms with van der Waals surface area (Å²) >= 11 is 0. The number of ether oxygens (including phenoxy) is 2. The van der Waals surface area contributed by atoms with Gasteiger partial charge in [-0.05, 0) is 24.3 Å². The second kappa shape index (κ2) is 6.15. The van der Waals surface area contributed by atoms with Gasteiger partial charge in [-0.3, -0.25) is 0 Å². The van der Waals surface area contributed by atoms with Crippen molar-refractivity contribution in [3.8, 4) is 0 Å². The molecule has 0 bridgehead atoms. The highest BCUT2D eigenvalue weighted by Crippen LogP contribution is 2.23. The van der Waals surface area contributed by atoms with Crippen molar-refractivity contribution in [2.45, 2.75) is 38.8 Å². The van der Waals surface area contributed by atoms with Gasteiger partial charge in [-0.25, -0.2) is 0 Å². The van der Waals surface area contributed by atoms with Crippen LogP contribution in [0.4, 0.5) is 0 Å². The van der Waals surface area contributed by atoms with Crippen LogP contribution in [0.3, 0.4) is 0 Å². The van der Waals surface area contributed by atoms with Crippen LogP contribution < -0.4 is 0 Å². The van der Waals surface area contributed by atoms with Gasteiger partial charge in [0.2, 0.25) is 0 Å². The summed E-state index contributed by atoms with van der Waals surface area (Å²) in [6.07, 6.45) is 1.13. The zero-order valence-electron chi connectivity index (χ0n) is 10.2. The van der Waals surface area contributed by atoms with Crippen molar-refractivity contribution >= 4 is 0 Å². The smallest absolute Gasteiger partial charge is 0.155 e. The van der Waals surface area contributed by atoms with Crippen LogP contribution in [-0.2, 0) is 16.1 Å². The molecular formula is C14H20O3. The van der Waals surface area contributed by atoms with Crippen LogP contribution in [0.25, 0.3) is 0 Å². The molecule has 1 fully saturated rings. The number of hydrogen-bond donors (Lipinski definition) is 1. The maximum Gasteiger partial charge on any atom is 0.155 e. The summed E-state index contributed by atoms with van der Waals surface area (Å²) in [4.78, 5) is 0. The van der Waals surface area contributed by atoms with Crippen molar-refractivity contribution in [3.63, 3.8) is 0 Å². The summed E-state index contributed by atoms with van der Waals surface area (Å²) in [5, 5.41) is 9.44. The van der Waals surface area contributed by atoms with Gasteiger partial charge in [-0.1, -0.05) is 37.3 Å². The molecule has 0 radical (unpaired) electrons. The van der Waals surface area contributed by atoms with Crippen LogP contribution in [0.5, 0.6) is 0 Å². The summed E-state index contributed by atoms with van der Waals surface area (Å²) < 4.78 is 11.1. The quantitative estimate of drug-likeness (QED) is 0.872. The lowest BCUT2D eigenvalue weighted by atomic mass is 9.96. The van der Waals surface area contributed by atoms with Gasteiger partial charge in [-0.15, -0.1) is 0 Å². The molecule has 1 aromatic rings. The molecule has 3 atom stereocenters. The molecule has 3 nitrogen and oxygen atoms in total. The van der Waals surface area contributed by atoms with Gasteiger partial charge in [0, 0.05) is 0 Å². The van der Waals surface area contributed by atoms with Crippen molar-refractivity contribution in [2.75, 3.05) is 6.61 Å². The standard InChI is InChI=1S/C14H20O3/c1-11-7-8-14(15)17-13(11)10-16-9-12-5-3-2-4-6-12/h2-6,11,13-15H,7-10H2,1H3. The van der Waals surface area contributed by atoms with Gasteiger partial charge in [0.05, 0.1) is 19.3 Å². The largest absolute Gasteiger partial charge is 0.374 e. The zero-order chi connectivity index (χ0) is 12.1. The van der Waals surface area contributed by atoms with Crippen molar-refractivity contribution < 1.29 is 14.6 Å². The first-order chi connectivity index (χ1) is 8.25. The number of aliphatic hydroxyl groups excluding tert-OH is 1. The summed E-state index contributed by atoms with van der Waals surface area (Å²) in [6.45, 7) is 3.29. The van der Waals surface area contributed by atoms with Gasteiger partial charge >= 0.3 is 0 Å². The maximum absolute atomic E-state index is 9.44. The third kappa shape index (κ3) is 3.80. The molecule has 1 aromatic carbocycles. The molecule has 0 spiro atoms. The van der Waals surface area contributed by atoms with Gasteiger partial charge < -0.3 is 14.6 Å². The van der Waals surface area contributed by atoms with E-state index >= 15 is 0 Å². The first-order valence-corrected chi connectivity index (χ1v) is 6.21. The van der Waals surface area contributed by atoms with E-state index in [1.54, 1.807) is 0 Å². The Hall–Kier alpha value is -0.900. The van der Waals surface area contributed by atoms with Crippen LogP contribution in [0.1, 0.15) is 25.3 Å². The lowest BCUT2D eigenvalue weighted by Crippen LogP contribution is -2.36. The van der Waals surface area contributed by atoms with E-state index in [0.29, 0.717) is 19.1 Å². The molecule has 2 rings (SSSR count). The molecule has 0 aromatic heterocycles. The first-order valence-electron chi connectivity index (χ1n) is 6.21. The molecule has 17 heavy (non-hydrogen) atoms. The third-order valence-electron chi connectivity index (χ3n) is 3.23. The average molecular weight is 236 g/mol. The third-order valence-corrected chi connectivity index (χ3v) is 3.23. The Bertz CT molecular complexity index is 325. The fraction of sp³-hybridized carbons (Fsp3) is 0.571. The molecule has 0 saturated carbocycles. The monoisotopic (exact) mass is 236 g/mol. The number of rotatable bonds is 4. The summed E-state index contributed by atoms with van der Waals surface area (Å²) in [7, 11) is 0. The maximum atomic E-state index is 9.44. The highest BCUT2D eigenvalue weighted by Gasteiger charge is 2.27. The van der Waals surface area contributed by atoms with E-state index in [1.807, 2.05) is 30.3 Å². The summed E-state index contributed by atoms with van der Waals surface area (Å²) in [5.74, 6) is 0.453. The Morgan fingerprint density at radius 1 is 1.29 bits per heavy atom. The SMILES string of the molecule is CC1CCC(O)OC1COCc1ccccc1. The van der Waals surface area contributed by atoms with Crippen LogP contribution in [-0.4, -0.2) is 24.1 Å². The molecule has 3 unspecified atom stereocenters. The predicted molar refractivity (Wildman–Crippen MR) is 65.4 cm³/mol. The van der Waals surface area contributed by atoms with E-state index in [0.717, 1.165) is 18.4 Å². The fourth-order valence-corrected chi connectivity index (χ4v) is 2.07. The topological polar surface area (TPSA) is 38.7 Å². The van der Waals surface area contributed by atoms with Gasteiger partial charge in [0.1, 0.15) is 0 Å². The Labute approximate surface area is 102 Å². The van der Waals surface area contributed by atoms with E-state index in [1.165, 1.54) is 0 Å². The molecular weight excluding hydrogens is 216 g/mol. The fourth-order valence-electron chi connectivity index (χ4n) is 2.07. The van der Waals surface area contributed by atoms with Crippen molar-refractivity contribution in [3.05, 3.63) is 35.9 Å². The molecule has 3 heteroatoms. The number of benzene rings is 1. The lowest BCUT2D eigenvalue weighted by Gasteiger charge is -2.32. The molecule has 1 heterocycles. The molecule has 1 aliphatic heterocycles. The number of aliphatic hydroxyl groups is 1. The first kappa shape index (κ1) is 12.6. The molecule has 1 saturated heterocycles. The highest BCUT2D eigenvalue weighted by atomic mass is 16.6. The van der Waals surface area contributed by atoms with E-state index in [9.17, 15) is 5.11 Å². The molecule has 0 aliphatic carbocycles. The van der Waals surface area contributed by atoms with Crippen LogP contribution >= 0.6 is 0 Å². The van der Waals surface area contributed by atoms with Crippen LogP contribution in [0.15, 0.2) is 30.3 Å². The Balaban J connectivity index is 1.74. The van der Waals surface area contributed by atoms with E-state index in [2.05, 4.69) is 6.92 Å². The van der Waals surface area contributed by atoms with Gasteiger partial charge in [0.15, 0.2) is 6.29 Å². The molecule has 1 N–H and O–H groups in total. The van der Waals surface area contributed by atoms with E-state index in [-0.39, 0.29) is 6.10 Å². The minimum absolute atomic E-state index is 0.0162. The summed E-state index contributed by atoms with van der Waals surface area (Å²) in [6, 6.07) is 10.1. The molecule has 1 aliphatic rings. The summed E-state index contributed by atoms with van der Waals surface area (Å²) in [5.41, 5.74) is 1.16. The van der Waals surface area contributed by atoms with Crippen LogP contribution in [0, 0.1) is 5.92 Å². The van der Waals surface area contributed by atoms with Gasteiger partial charge in [0.25, 0.3) is 0 Å². The zero-order valence-corrected chi connectivity index (χ0v) is 10.2. The normalized spacial score (nSPS) is 29.2.